The SMILES string of the molecule is CC(O)(C#N)Cc1cccc2c1C(=O)c1ccccc1C2=O. The van der Waals surface area contributed by atoms with Crippen LogP contribution in [0.15, 0.2) is 42.5 Å². The Morgan fingerprint density at radius 1 is 1.00 bits per heavy atom. The molecule has 4 nitrogen and oxygen atoms in total. The van der Waals surface area contributed by atoms with Gasteiger partial charge >= 0.3 is 0 Å². The van der Waals surface area contributed by atoms with E-state index in [1.165, 1.54) is 6.92 Å². The summed E-state index contributed by atoms with van der Waals surface area (Å²) in [5, 5.41) is 19.0. The molecule has 3 rings (SSSR count). The van der Waals surface area contributed by atoms with Gasteiger partial charge in [-0.2, -0.15) is 5.26 Å². The zero-order valence-electron chi connectivity index (χ0n) is 12.0. The Labute approximate surface area is 127 Å². The molecule has 0 saturated heterocycles. The van der Waals surface area contributed by atoms with Crippen LogP contribution in [0.3, 0.4) is 0 Å². The van der Waals surface area contributed by atoms with Gasteiger partial charge in [-0.05, 0) is 12.5 Å². The summed E-state index contributed by atoms with van der Waals surface area (Å²) in [5.74, 6) is -0.446. The van der Waals surface area contributed by atoms with E-state index < -0.39 is 5.60 Å². The van der Waals surface area contributed by atoms with E-state index in [0.717, 1.165) is 0 Å². The molecule has 1 atom stereocenters. The molecule has 2 aromatic rings. The lowest BCUT2D eigenvalue weighted by atomic mass is 9.80. The van der Waals surface area contributed by atoms with Crippen molar-refractivity contribution in [2.24, 2.45) is 0 Å². The first-order valence-corrected chi connectivity index (χ1v) is 6.88. The van der Waals surface area contributed by atoms with Crippen molar-refractivity contribution in [3.05, 3.63) is 70.3 Å². The van der Waals surface area contributed by atoms with E-state index in [2.05, 4.69) is 0 Å². The number of ketones is 2. The highest BCUT2D eigenvalue weighted by Gasteiger charge is 2.33. The Bertz CT molecular complexity index is 844. The third-order valence-corrected chi connectivity index (χ3v) is 3.81. The average Bonchev–Trinajstić information content (AvgIpc) is 2.52. The number of fused-ring (bicyclic) bond motifs is 2. The zero-order chi connectivity index (χ0) is 15.9. The molecular formula is C18H13NO3. The standard InChI is InChI=1S/C18H13NO3/c1-18(22,10-19)9-11-5-4-8-14-15(11)17(21)13-7-3-2-6-12(13)16(14)20/h2-8,22H,9H2,1H3. The normalized spacial score (nSPS) is 15.5. The first kappa shape index (κ1) is 14.2. The molecule has 2 aromatic carbocycles. The fraction of sp³-hybridized carbons (Fsp3) is 0.167. The van der Waals surface area contributed by atoms with Crippen molar-refractivity contribution in [2.45, 2.75) is 18.9 Å². The van der Waals surface area contributed by atoms with Crippen molar-refractivity contribution in [3.8, 4) is 6.07 Å². The predicted octanol–water partition coefficient (Wildman–Crippen LogP) is 2.28. The maximum atomic E-state index is 12.7. The second-order valence-electron chi connectivity index (χ2n) is 5.61. The molecule has 0 fully saturated rings. The van der Waals surface area contributed by atoms with E-state index in [1.54, 1.807) is 48.5 Å². The number of benzene rings is 2. The highest BCUT2D eigenvalue weighted by atomic mass is 16.3. The van der Waals surface area contributed by atoms with Crippen molar-refractivity contribution in [1.29, 1.82) is 5.26 Å². The van der Waals surface area contributed by atoms with Gasteiger partial charge in [-0.25, -0.2) is 0 Å². The molecule has 1 aliphatic rings. The second kappa shape index (κ2) is 4.90. The van der Waals surface area contributed by atoms with Crippen molar-refractivity contribution in [3.63, 3.8) is 0 Å². The van der Waals surface area contributed by atoms with E-state index in [-0.39, 0.29) is 18.0 Å². The van der Waals surface area contributed by atoms with Crippen molar-refractivity contribution >= 4 is 11.6 Å². The topological polar surface area (TPSA) is 78.2 Å². The fourth-order valence-electron chi connectivity index (χ4n) is 2.77. The van der Waals surface area contributed by atoms with E-state index in [9.17, 15) is 14.7 Å². The largest absolute Gasteiger partial charge is 0.375 e. The van der Waals surface area contributed by atoms with Crippen LogP contribution >= 0.6 is 0 Å². The molecule has 0 aliphatic heterocycles. The quantitative estimate of drug-likeness (QED) is 0.735. The molecule has 0 heterocycles. The monoisotopic (exact) mass is 291 g/mol. The summed E-state index contributed by atoms with van der Waals surface area (Å²) in [7, 11) is 0. The van der Waals surface area contributed by atoms with Gasteiger partial charge in [0.05, 0.1) is 6.07 Å². The minimum atomic E-state index is -1.59. The van der Waals surface area contributed by atoms with Gasteiger partial charge in [0.1, 0.15) is 0 Å². The number of nitrogens with zero attached hydrogens (tertiary/aromatic N) is 1. The van der Waals surface area contributed by atoms with Gasteiger partial charge in [0, 0.05) is 28.7 Å². The maximum Gasteiger partial charge on any atom is 0.194 e. The third-order valence-electron chi connectivity index (χ3n) is 3.81. The summed E-state index contributed by atoms with van der Waals surface area (Å²) in [6, 6.07) is 13.4. The number of carbonyl (C=O) groups excluding carboxylic acids is 2. The second-order valence-corrected chi connectivity index (χ2v) is 5.61. The Morgan fingerprint density at radius 3 is 2.23 bits per heavy atom. The van der Waals surface area contributed by atoms with Crippen LogP contribution in [0.1, 0.15) is 44.3 Å². The van der Waals surface area contributed by atoms with Gasteiger partial charge in [-0.15, -0.1) is 0 Å². The van der Waals surface area contributed by atoms with Crippen LogP contribution in [0.4, 0.5) is 0 Å². The Hall–Kier alpha value is -2.77. The van der Waals surface area contributed by atoms with Gasteiger partial charge in [-0.3, -0.25) is 9.59 Å². The van der Waals surface area contributed by atoms with Crippen molar-refractivity contribution in [1.82, 2.24) is 0 Å². The van der Waals surface area contributed by atoms with E-state index in [1.807, 2.05) is 0 Å². The molecule has 1 unspecified atom stereocenters. The lowest BCUT2D eigenvalue weighted by Crippen LogP contribution is -2.28. The molecule has 1 aliphatic carbocycles. The van der Waals surface area contributed by atoms with Crippen LogP contribution in [0.25, 0.3) is 0 Å². The van der Waals surface area contributed by atoms with Crippen LogP contribution in [0, 0.1) is 11.3 Å². The lowest BCUT2D eigenvalue weighted by Gasteiger charge is -2.22. The summed E-state index contributed by atoms with van der Waals surface area (Å²) < 4.78 is 0. The fourth-order valence-corrected chi connectivity index (χ4v) is 2.77. The number of rotatable bonds is 2. The number of hydrogen-bond acceptors (Lipinski definition) is 4. The lowest BCUT2D eigenvalue weighted by molar-refractivity contribution is 0.0973. The van der Waals surface area contributed by atoms with E-state index in [4.69, 9.17) is 5.26 Å². The summed E-state index contributed by atoms with van der Waals surface area (Å²) in [6.07, 6.45) is -0.00609. The summed E-state index contributed by atoms with van der Waals surface area (Å²) in [5.41, 5.74) is 0.303. The average molecular weight is 291 g/mol. The van der Waals surface area contributed by atoms with Crippen LogP contribution < -0.4 is 0 Å². The molecule has 0 radical (unpaired) electrons. The van der Waals surface area contributed by atoms with Crippen molar-refractivity contribution in [2.75, 3.05) is 0 Å². The van der Waals surface area contributed by atoms with Gasteiger partial charge in [-0.1, -0.05) is 42.5 Å². The molecule has 1 N–H and O–H groups in total. The summed E-state index contributed by atoms with van der Waals surface area (Å²) >= 11 is 0. The van der Waals surface area contributed by atoms with Crippen LogP contribution in [-0.2, 0) is 6.42 Å². The Balaban J connectivity index is 2.20. The first-order chi connectivity index (χ1) is 10.4. The van der Waals surface area contributed by atoms with Gasteiger partial charge < -0.3 is 5.11 Å². The van der Waals surface area contributed by atoms with Gasteiger partial charge in [0.25, 0.3) is 0 Å². The number of nitriles is 1. The van der Waals surface area contributed by atoms with Crippen LogP contribution in [0.2, 0.25) is 0 Å². The molecule has 22 heavy (non-hydrogen) atoms. The number of aliphatic hydroxyl groups is 1. The van der Waals surface area contributed by atoms with Gasteiger partial charge in [0.2, 0.25) is 0 Å². The highest BCUT2D eigenvalue weighted by molar-refractivity contribution is 6.28. The van der Waals surface area contributed by atoms with Crippen LogP contribution in [-0.4, -0.2) is 22.3 Å². The maximum absolute atomic E-state index is 12.7. The molecule has 0 amide bonds. The minimum absolute atomic E-state index is 0.00609. The predicted molar refractivity (Wildman–Crippen MR) is 79.7 cm³/mol. The van der Waals surface area contributed by atoms with Crippen molar-refractivity contribution < 1.29 is 14.7 Å². The molecule has 0 aromatic heterocycles. The summed E-state index contributed by atoms with van der Waals surface area (Å²) in [4.78, 5) is 25.3. The van der Waals surface area contributed by atoms with Crippen LogP contribution in [0.5, 0.6) is 0 Å². The summed E-state index contributed by atoms with van der Waals surface area (Å²) in [6.45, 7) is 1.38. The van der Waals surface area contributed by atoms with Gasteiger partial charge in [0.15, 0.2) is 17.2 Å². The smallest absolute Gasteiger partial charge is 0.194 e. The van der Waals surface area contributed by atoms with E-state index in [0.29, 0.717) is 27.8 Å². The first-order valence-electron chi connectivity index (χ1n) is 6.88. The Kier molecular flexibility index (Phi) is 3.16. The number of hydrogen-bond donors (Lipinski definition) is 1. The minimum Gasteiger partial charge on any atom is -0.375 e. The molecule has 4 heteroatoms. The molecule has 0 saturated carbocycles. The third kappa shape index (κ3) is 2.12. The molecular weight excluding hydrogens is 278 g/mol. The molecule has 0 bridgehead atoms. The Morgan fingerprint density at radius 2 is 1.59 bits per heavy atom. The highest BCUT2D eigenvalue weighted by Crippen LogP contribution is 2.30. The molecule has 108 valence electrons. The zero-order valence-corrected chi connectivity index (χ0v) is 12.0. The number of carbonyl (C=O) groups is 2. The molecule has 0 spiro atoms. The van der Waals surface area contributed by atoms with E-state index >= 15 is 0 Å².